The largest absolute Gasteiger partial charge is 0.497 e. The van der Waals surface area contributed by atoms with Crippen molar-refractivity contribution in [1.29, 1.82) is 0 Å². The summed E-state index contributed by atoms with van der Waals surface area (Å²) in [6, 6.07) is 11.3. The van der Waals surface area contributed by atoms with Gasteiger partial charge in [-0.05, 0) is 23.8 Å². The number of alkyl halides is 3. The van der Waals surface area contributed by atoms with Crippen molar-refractivity contribution in [2.75, 3.05) is 21.3 Å². The average molecular weight is 381 g/mol. The maximum atomic E-state index is 13.3. The first-order chi connectivity index (χ1) is 12.9. The minimum atomic E-state index is -4.47. The molecule has 146 valence electrons. The Balaban J connectivity index is 2.06. The second kappa shape index (κ2) is 9.16. The molecule has 0 saturated carbocycles. The molecule has 0 aliphatic carbocycles. The Morgan fingerprint density at radius 1 is 0.963 bits per heavy atom. The summed E-state index contributed by atoms with van der Waals surface area (Å²) in [5.74, 6) is 1.25. The summed E-state index contributed by atoms with van der Waals surface area (Å²) in [4.78, 5) is 4.05. The van der Waals surface area contributed by atoms with Crippen LogP contribution < -0.4 is 20.1 Å². The lowest BCUT2D eigenvalue weighted by Gasteiger charge is -2.17. The predicted octanol–water partition coefficient (Wildman–Crippen LogP) is 3.59. The SMILES string of the molecule is CN=C(NCc1ccccc1OC)NCc1ccc(OC)cc1C(F)(F)F. The van der Waals surface area contributed by atoms with Gasteiger partial charge in [-0.3, -0.25) is 4.99 Å². The van der Waals surface area contributed by atoms with E-state index in [0.29, 0.717) is 12.5 Å². The van der Waals surface area contributed by atoms with E-state index in [1.807, 2.05) is 24.3 Å². The standard InChI is InChI=1S/C19H22F3N3O2/c1-23-18(25-12-14-6-4-5-7-17(14)27-3)24-11-13-8-9-15(26-2)10-16(13)19(20,21)22/h4-10H,11-12H2,1-3H3,(H2,23,24,25). The highest BCUT2D eigenvalue weighted by atomic mass is 19.4. The first-order valence-electron chi connectivity index (χ1n) is 8.19. The Hall–Kier alpha value is -2.90. The summed E-state index contributed by atoms with van der Waals surface area (Å²) >= 11 is 0. The summed E-state index contributed by atoms with van der Waals surface area (Å²) in [6.45, 7) is 0.378. The molecule has 0 amide bonds. The third kappa shape index (κ3) is 5.54. The molecule has 5 nitrogen and oxygen atoms in total. The first kappa shape index (κ1) is 20.4. The van der Waals surface area contributed by atoms with E-state index < -0.39 is 11.7 Å². The van der Waals surface area contributed by atoms with Gasteiger partial charge in [-0.1, -0.05) is 24.3 Å². The van der Waals surface area contributed by atoms with Crippen molar-refractivity contribution in [1.82, 2.24) is 10.6 Å². The molecule has 2 aromatic rings. The minimum Gasteiger partial charge on any atom is -0.497 e. The lowest BCUT2D eigenvalue weighted by atomic mass is 10.1. The zero-order valence-electron chi connectivity index (χ0n) is 15.4. The van der Waals surface area contributed by atoms with Crippen LogP contribution in [-0.2, 0) is 19.3 Å². The van der Waals surface area contributed by atoms with E-state index in [0.717, 1.165) is 17.4 Å². The maximum Gasteiger partial charge on any atom is 0.416 e. The van der Waals surface area contributed by atoms with E-state index >= 15 is 0 Å². The molecular weight excluding hydrogens is 359 g/mol. The fraction of sp³-hybridized carbons (Fsp3) is 0.316. The van der Waals surface area contributed by atoms with Crippen molar-refractivity contribution in [2.45, 2.75) is 19.3 Å². The van der Waals surface area contributed by atoms with Gasteiger partial charge in [0.05, 0.1) is 19.8 Å². The van der Waals surface area contributed by atoms with Gasteiger partial charge in [-0.15, -0.1) is 0 Å². The number of ether oxygens (including phenoxy) is 2. The first-order valence-corrected chi connectivity index (χ1v) is 8.19. The topological polar surface area (TPSA) is 54.9 Å². The molecule has 0 fully saturated rings. The molecule has 2 rings (SSSR count). The van der Waals surface area contributed by atoms with Crippen LogP contribution in [0.5, 0.6) is 11.5 Å². The molecule has 0 saturated heterocycles. The van der Waals surface area contributed by atoms with Gasteiger partial charge in [0, 0.05) is 25.7 Å². The van der Waals surface area contributed by atoms with Crippen LogP contribution in [0, 0.1) is 0 Å². The minimum absolute atomic E-state index is 0.0373. The van der Waals surface area contributed by atoms with E-state index in [1.165, 1.54) is 19.2 Å². The van der Waals surface area contributed by atoms with Crippen LogP contribution in [0.1, 0.15) is 16.7 Å². The number of guanidine groups is 1. The fourth-order valence-electron chi connectivity index (χ4n) is 2.53. The molecule has 0 radical (unpaired) electrons. The van der Waals surface area contributed by atoms with Crippen LogP contribution in [0.3, 0.4) is 0 Å². The Labute approximate surface area is 156 Å². The van der Waals surface area contributed by atoms with Gasteiger partial charge < -0.3 is 20.1 Å². The van der Waals surface area contributed by atoms with Gasteiger partial charge in [0.25, 0.3) is 0 Å². The van der Waals surface area contributed by atoms with Crippen molar-refractivity contribution < 1.29 is 22.6 Å². The zero-order valence-corrected chi connectivity index (χ0v) is 15.4. The number of hydrogen-bond donors (Lipinski definition) is 2. The lowest BCUT2D eigenvalue weighted by molar-refractivity contribution is -0.138. The molecule has 0 unspecified atom stereocenters. The molecule has 2 N–H and O–H groups in total. The number of nitrogens with zero attached hydrogens (tertiary/aromatic N) is 1. The summed E-state index contributed by atoms with van der Waals surface area (Å²) in [5.41, 5.74) is 0.265. The number of hydrogen-bond acceptors (Lipinski definition) is 3. The fourth-order valence-corrected chi connectivity index (χ4v) is 2.53. The Morgan fingerprint density at radius 2 is 1.63 bits per heavy atom. The highest BCUT2D eigenvalue weighted by Gasteiger charge is 2.33. The van der Waals surface area contributed by atoms with Gasteiger partial charge >= 0.3 is 6.18 Å². The molecule has 0 aliphatic heterocycles. The number of para-hydroxylation sites is 1. The second-order valence-electron chi connectivity index (χ2n) is 5.61. The quantitative estimate of drug-likeness (QED) is 0.593. The number of methoxy groups -OCH3 is 2. The summed E-state index contributed by atoms with van der Waals surface area (Å²) < 4.78 is 50.0. The van der Waals surface area contributed by atoms with Crippen LogP contribution in [-0.4, -0.2) is 27.2 Å². The van der Waals surface area contributed by atoms with Gasteiger partial charge in [-0.2, -0.15) is 13.2 Å². The number of aliphatic imine (C=N–C) groups is 1. The summed E-state index contributed by atoms with van der Waals surface area (Å²) in [6.07, 6.45) is -4.47. The molecule has 0 aliphatic rings. The molecule has 0 aromatic heterocycles. The van der Waals surface area contributed by atoms with Gasteiger partial charge in [0.15, 0.2) is 5.96 Å². The summed E-state index contributed by atoms with van der Waals surface area (Å²) in [7, 11) is 4.46. The maximum absolute atomic E-state index is 13.3. The zero-order chi connectivity index (χ0) is 19.9. The predicted molar refractivity (Wildman–Crippen MR) is 98.0 cm³/mol. The normalized spacial score (nSPS) is 11.9. The van der Waals surface area contributed by atoms with Crippen molar-refractivity contribution in [3.63, 3.8) is 0 Å². The van der Waals surface area contributed by atoms with Crippen LogP contribution in [0.25, 0.3) is 0 Å². The Kier molecular flexibility index (Phi) is 6.92. The van der Waals surface area contributed by atoms with Crippen LogP contribution in [0.2, 0.25) is 0 Å². The summed E-state index contributed by atoms with van der Waals surface area (Å²) in [5, 5.41) is 5.97. The van der Waals surface area contributed by atoms with Crippen molar-refractivity contribution >= 4 is 5.96 Å². The molecule has 0 spiro atoms. The van der Waals surface area contributed by atoms with Crippen molar-refractivity contribution in [3.05, 3.63) is 59.2 Å². The number of rotatable bonds is 6. The van der Waals surface area contributed by atoms with E-state index in [2.05, 4.69) is 15.6 Å². The molecule has 8 heteroatoms. The molecule has 2 aromatic carbocycles. The van der Waals surface area contributed by atoms with Gasteiger partial charge in [0.2, 0.25) is 0 Å². The van der Waals surface area contributed by atoms with Crippen molar-refractivity contribution in [3.8, 4) is 11.5 Å². The molecule has 0 bridgehead atoms. The Bertz CT molecular complexity index is 792. The molecule has 0 heterocycles. The van der Waals surface area contributed by atoms with Crippen LogP contribution in [0.15, 0.2) is 47.5 Å². The van der Waals surface area contributed by atoms with Gasteiger partial charge in [-0.25, -0.2) is 0 Å². The highest BCUT2D eigenvalue weighted by Crippen LogP contribution is 2.34. The lowest BCUT2D eigenvalue weighted by Crippen LogP contribution is -2.36. The van der Waals surface area contributed by atoms with E-state index in [-0.39, 0.29) is 17.9 Å². The number of benzene rings is 2. The number of halogens is 3. The highest BCUT2D eigenvalue weighted by molar-refractivity contribution is 5.79. The molecule has 0 atom stereocenters. The third-order valence-electron chi connectivity index (χ3n) is 3.93. The van der Waals surface area contributed by atoms with Crippen LogP contribution in [0.4, 0.5) is 13.2 Å². The third-order valence-corrected chi connectivity index (χ3v) is 3.93. The van der Waals surface area contributed by atoms with Crippen molar-refractivity contribution in [2.24, 2.45) is 4.99 Å². The monoisotopic (exact) mass is 381 g/mol. The average Bonchev–Trinajstić information content (AvgIpc) is 2.67. The molecule has 27 heavy (non-hydrogen) atoms. The molecular formula is C19H22F3N3O2. The van der Waals surface area contributed by atoms with E-state index in [4.69, 9.17) is 9.47 Å². The smallest absolute Gasteiger partial charge is 0.416 e. The van der Waals surface area contributed by atoms with Crippen LogP contribution >= 0.6 is 0 Å². The number of nitrogens with one attached hydrogen (secondary N) is 2. The van der Waals surface area contributed by atoms with E-state index in [1.54, 1.807) is 14.2 Å². The van der Waals surface area contributed by atoms with Gasteiger partial charge in [0.1, 0.15) is 11.5 Å². The Morgan fingerprint density at radius 3 is 2.22 bits per heavy atom. The van der Waals surface area contributed by atoms with E-state index in [9.17, 15) is 13.2 Å². The second-order valence-corrected chi connectivity index (χ2v) is 5.61.